The summed E-state index contributed by atoms with van der Waals surface area (Å²) in [5.41, 5.74) is -0.280. The van der Waals surface area contributed by atoms with Crippen LogP contribution in [0.3, 0.4) is 0 Å². The van der Waals surface area contributed by atoms with Gasteiger partial charge in [0.25, 0.3) is 0 Å². The number of thiophene rings is 1. The van der Waals surface area contributed by atoms with Crippen LogP contribution < -0.4 is 10.2 Å². The van der Waals surface area contributed by atoms with Gasteiger partial charge in [0.15, 0.2) is 5.82 Å². The number of alkyl halides is 3. The van der Waals surface area contributed by atoms with E-state index in [0.29, 0.717) is 18.8 Å². The Labute approximate surface area is 175 Å². The number of carbonyl (C=O) groups excluding carboxylic acids is 1. The summed E-state index contributed by atoms with van der Waals surface area (Å²) < 4.78 is 39.6. The fourth-order valence-electron chi connectivity index (χ4n) is 3.52. The lowest BCUT2D eigenvalue weighted by Gasteiger charge is -2.32. The van der Waals surface area contributed by atoms with Crippen molar-refractivity contribution in [3.63, 3.8) is 0 Å². The molecule has 1 aliphatic heterocycles. The van der Waals surface area contributed by atoms with Crippen LogP contribution in [0, 0.1) is 5.92 Å². The van der Waals surface area contributed by atoms with Crippen molar-refractivity contribution in [2.24, 2.45) is 5.92 Å². The third-order valence-corrected chi connectivity index (χ3v) is 5.92. The largest absolute Gasteiger partial charge is 0.418 e. The van der Waals surface area contributed by atoms with Gasteiger partial charge in [0.2, 0.25) is 5.91 Å². The molecule has 156 valence electrons. The van der Waals surface area contributed by atoms with Crippen molar-refractivity contribution < 1.29 is 18.0 Å². The summed E-state index contributed by atoms with van der Waals surface area (Å²) in [5.74, 6) is -0.193. The highest BCUT2D eigenvalue weighted by atomic mass is 32.1. The third-order valence-electron chi connectivity index (χ3n) is 5.03. The van der Waals surface area contributed by atoms with Gasteiger partial charge >= 0.3 is 6.18 Å². The maximum Gasteiger partial charge on any atom is 0.418 e. The van der Waals surface area contributed by atoms with Crippen LogP contribution in [0.5, 0.6) is 0 Å². The highest BCUT2D eigenvalue weighted by Gasteiger charge is 2.34. The van der Waals surface area contributed by atoms with Crippen molar-refractivity contribution in [1.82, 2.24) is 10.2 Å². The van der Waals surface area contributed by atoms with Gasteiger partial charge < -0.3 is 10.2 Å². The number of para-hydroxylation sites is 1. The number of aromatic nitrogens is 2. The molecule has 0 radical (unpaired) electrons. The zero-order valence-corrected chi connectivity index (χ0v) is 16.7. The molecule has 1 N–H and O–H groups in total. The number of nitrogens with zero attached hydrogens (tertiary/aromatic N) is 3. The van der Waals surface area contributed by atoms with Gasteiger partial charge in [0.05, 0.1) is 22.0 Å². The SMILES string of the molecule is O=C(Nc1ccccc1C(F)(F)F)C1CCCN(c2ccc(-c3cccs3)nn2)C1. The van der Waals surface area contributed by atoms with Crippen LogP contribution in [0.15, 0.2) is 53.9 Å². The Kier molecular flexibility index (Phi) is 5.72. The Morgan fingerprint density at radius 3 is 2.63 bits per heavy atom. The summed E-state index contributed by atoms with van der Waals surface area (Å²) in [5, 5.41) is 13.0. The predicted octanol–water partition coefficient (Wildman–Crippen LogP) is 5.08. The summed E-state index contributed by atoms with van der Waals surface area (Å²) in [6.07, 6.45) is -3.17. The summed E-state index contributed by atoms with van der Waals surface area (Å²) in [6, 6.07) is 12.7. The molecule has 1 aromatic carbocycles. The number of halogens is 3. The molecule has 0 aliphatic carbocycles. The number of hydrogen-bond donors (Lipinski definition) is 1. The van der Waals surface area contributed by atoms with Gasteiger partial charge in [-0.05, 0) is 48.6 Å². The van der Waals surface area contributed by atoms with Crippen molar-refractivity contribution in [3.05, 3.63) is 59.5 Å². The van der Waals surface area contributed by atoms with Crippen LogP contribution in [0.4, 0.5) is 24.7 Å². The van der Waals surface area contributed by atoms with E-state index in [2.05, 4.69) is 15.5 Å². The van der Waals surface area contributed by atoms with Gasteiger partial charge in [-0.1, -0.05) is 18.2 Å². The number of carbonyl (C=O) groups is 1. The number of rotatable bonds is 4. The fourth-order valence-corrected chi connectivity index (χ4v) is 4.21. The van der Waals surface area contributed by atoms with Gasteiger partial charge in [-0.2, -0.15) is 13.2 Å². The zero-order valence-electron chi connectivity index (χ0n) is 15.9. The normalized spacial score (nSPS) is 17.0. The van der Waals surface area contributed by atoms with E-state index in [1.807, 2.05) is 34.5 Å². The number of anilines is 2. The molecule has 1 amide bonds. The number of amides is 1. The lowest BCUT2D eigenvalue weighted by atomic mass is 9.96. The molecule has 0 spiro atoms. The van der Waals surface area contributed by atoms with E-state index in [9.17, 15) is 18.0 Å². The van der Waals surface area contributed by atoms with E-state index in [1.54, 1.807) is 11.3 Å². The highest BCUT2D eigenvalue weighted by Crippen LogP contribution is 2.35. The topological polar surface area (TPSA) is 58.1 Å². The first-order valence-electron chi connectivity index (χ1n) is 9.51. The first kappa shape index (κ1) is 20.3. The van der Waals surface area contributed by atoms with Gasteiger partial charge in [0, 0.05) is 13.1 Å². The van der Waals surface area contributed by atoms with Crippen LogP contribution >= 0.6 is 11.3 Å². The monoisotopic (exact) mass is 432 g/mol. The fraction of sp³-hybridized carbons (Fsp3) is 0.286. The molecule has 1 atom stereocenters. The molecule has 3 heterocycles. The average molecular weight is 432 g/mol. The molecule has 2 aromatic heterocycles. The number of piperidine rings is 1. The Morgan fingerprint density at radius 2 is 1.93 bits per heavy atom. The Balaban J connectivity index is 1.45. The van der Waals surface area contributed by atoms with Gasteiger partial charge in [0.1, 0.15) is 5.69 Å². The van der Waals surface area contributed by atoms with Crippen LogP contribution in [0.2, 0.25) is 0 Å². The van der Waals surface area contributed by atoms with E-state index in [-0.39, 0.29) is 5.69 Å². The van der Waals surface area contributed by atoms with Crippen LogP contribution in [-0.2, 0) is 11.0 Å². The maximum atomic E-state index is 13.2. The van der Waals surface area contributed by atoms with E-state index in [4.69, 9.17) is 0 Å². The summed E-state index contributed by atoms with van der Waals surface area (Å²) in [7, 11) is 0. The molecule has 1 saturated heterocycles. The van der Waals surface area contributed by atoms with E-state index < -0.39 is 23.6 Å². The van der Waals surface area contributed by atoms with E-state index >= 15 is 0 Å². The van der Waals surface area contributed by atoms with Crippen LogP contribution in [-0.4, -0.2) is 29.2 Å². The number of nitrogens with one attached hydrogen (secondary N) is 1. The second kappa shape index (κ2) is 8.43. The summed E-state index contributed by atoms with van der Waals surface area (Å²) in [6.45, 7) is 1.10. The molecular weight excluding hydrogens is 413 g/mol. The lowest BCUT2D eigenvalue weighted by molar-refractivity contribution is -0.137. The van der Waals surface area contributed by atoms with Crippen molar-refractivity contribution in [2.45, 2.75) is 19.0 Å². The van der Waals surface area contributed by atoms with Gasteiger partial charge in [-0.15, -0.1) is 21.5 Å². The first-order valence-corrected chi connectivity index (χ1v) is 10.4. The molecule has 5 nitrogen and oxygen atoms in total. The molecule has 1 fully saturated rings. The van der Waals surface area contributed by atoms with Gasteiger partial charge in [-0.3, -0.25) is 4.79 Å². The lowest BCUT2D eigenvalue weighted by Crippen LogP contribution is -2.41. The van der Waals surface area contributed by atoms with E-state index in [0.717, 1.165) is 29.6 Å². The summed E-state index contributed by atoms with van der Waals surface area (Å²) in [4.78, 5) is 15.7. The molecule has 4 rings (SSSR count). The Hall–Kier alpha value is -2.94. The minimum atomic E-state index is -4.53. The molecule has 0 bridgehead atoms. The van der Waals surface area contributed by atoms with Crippen molar-refractivity contribution in [2.75, 3.05) is 23.3 Å². The second-order valence-electron chi connectivity index (χ2n) is 7.07. The first-order chi connectivity index (χ1) is 14.4. The Morgan fingerprint density at radius 1 is 1.10 bits per heavy atom. The number of benzene rings is 1. The van der Waals surface area contributed by atoms with Crippen molar-refractivity contribution >= 4 is 28.7 Å². The Bertz CT molecular complexity index is 1010. The van der Waals surface area contributed by atoms with E-state index in [1.165, 1.54) is 18.2 Å². The van der Waals surface area contributed by atoms with Crippen molar-refractivity contribution in [3.8, 4) is 10.6 Å². The molecule has 30 heavy (non-hydrogen) atoms. The highest BCUT2D eigenvalue weighted by molar-refractivity contribution is 7.13. The second-order valence-corrected chi connectivity index (χ2v) is 8.02. The molecule has 1 aliphatic rings. The predicted molar refractivity (Wildman–Crippen MR) is 110 cm³/mol. The molecule has 9 heteroatoms. The molecule has 3 aromatic rings. The standard InChI is InChI=1S/C21H19F3N4OS/c22-21(23,24)15-6-1-2-7-16(15)25-20(29)14-5-3-11-28(13-14)19-10-9-17(26-27-19)18-8-4-12-30-18/h1-2,4,6-10,12,14H,3,5,11,13H2,(H,25,29). The van der Waals surface area contributed by atoms with Crippen molar-refractivity contribution in [1.29, 1.82) is 0 Å². The van der Waals surface area contributed by atoms with Crippen LogP contribution in [0.25, 0.3) is 10.6 Å². The quantitative estimate of drug-likeness (QED) is 0.625. The average Bonchev–Trinajstić information content (AvgIpc) is 3.28. The minimum absolute atomic E-state index is 0.216. The molecule has 0 saturated carbocycles. The number of hydrogen-bond acceptors (Lipinski definition) is 5. The molecular formula is C21H19F3N4OS. The zero-order chi connectivity index (χ0) is 21.1. The molecule has 1 unspecified atom stereocenters. The summed E-state index contributed by atoms with van der Waals surface area (Å²) >= 11 is 1.58. The maximum absolute atomic E-state index is 13.2. The van der Waals surface area contributed by atoms with Gasteiger partial charge in [-0.25, -0.2) is 0 Å². The van der Waals surface area contributed by atoms with Crippen LogP contribution in [0.1, 0.15) is 18.4 Å². The minimum Gasteiger partial charge on any atom is -0.354 e. The third kappa shape index (κ3) is 4.46. The smallest absolute Gasteiger partial charge is 0.354 e.